The number of benzene rings is 2. The highest BCUT2D eigenvalue weighted by Gasteiger charge is 2.27. The van der Waals surface area contributed by atoms with Crippen LogP contribution in [0.4, 0.5) is 0 Å². The van der Waals surface area contributed by atoms with Crippen LogP contribution in [0.25, 0.3) is 0 Å². The first kappa shape index (κ1) is 17.7. The van der Waals surface area contributed by atoms with Gasteiger partial charge in [-0.25, -0.2) is 0 Å². The molecule has 1 aliphatic heterocycles. The topological polar surface area (TPSA) is 73.2 Å². The molecule has 1 heterocycles. The Morgan fingerprint density at radius 1 is 1.04 bits per heavy atom. The molecule has 0 saturated carbocycles. The number of carbonyl (C=O) groups is 2. The van der Waals surface area contributed by atoms with Gasteiger partial charge in [0.05, 0.1) is 11.6 Å². The predicted octanol–water partition coefficient (Wildman–Crippen LogP) is 2.73. The van der Waals surface area contributed by atoms with E-state index < -0.39 is 0 Å². The lowest BCUT2D eigenvalue weighted by Gasteiger charge is -2.31. The number of rotatable bonds is 4. The monoisotopic (exact) mass is 347 g/mol. The average Bonchev–Trinajstić information content (AvgIpc) is 2.72. The zero-order chi connectivity index (χ0) is 18.4. The Morgan fingerprint density at radius 2 is 1.69 bits per heavy atom. The van der Waals surface area contributed by atoms with Gasteiger partial charge in [-0.15, -0.1) is 0 Å². The van der Waals surface area contributed by atoms with Crippen LogP contribution in [0.3, 0.4) is 0 Å². The van der Waals surface area contributed by atoms with Gasteiger partial charge in [-0.2, -0.15) is 5.26 Å². The lowest BCUT2D eigenvalue weighted by atomic mass is 9.95. The summed E-state index contributed by atoms with van der Waals surface area (Å²) in [7, 11) is 0. The van der Waals surface area contributed by atoms with Crippen LogP contribution in [0.2, 0.25) is 0 Å². The van der Waals surface area contributed by atoms with Gasteiger partial charge in [0, 0.05) is 31.1 Å². The van der Waals surface area contributed by atoms with Gasteiger partial charge in [-0.3, -0.25) is 9.59 Å². The van der Waals surface area contributed by atoms with E-state index >= 15 is 0 Å². The molecule has 0 aliphatic carbocycles. The molecule has 2 aromatic rings. The number of nitrogens with zero attached hydrogens (tertiary/aromatic N) is 2. The molecule has 2 amide bonds. The minimum absolute atomic E-state index is 0.0439. The number of nitriles is 1. The molecule has 5 heteroatoms. The van der Waals surface area contributed by atoms with E-state index in [2.05, 4.69) is 5.32 Å². The summed E-state index contributed by atoms with van der Waals surface area (Å²) >= 11 is 0. The second kappa shape index (κ2) is 8.30. The summed E-state index contributed by atoms with van der Waals surface area (Å²) in [6.07, 6.45) is 1.34. The van der Waals surface area contributed by atoms with Gasteiger partial charge in [-0.05, 0) is 42.7 Å². The van der Waals surface area contributed by atoms with Crippen LogP contribution in [0.15, 0.2) is 54.6 Å². The highest BCUT2D eigenvalue weighted by atomic mass is 16.2. The molecule has 1 saturated heterocycles. The van der Waals surface area contributed by atoms with Crippen molar-refractivity contribution in [3.8, 4) is 6.07 Å². The summed E-state index contributed by atoms with van der Waals surface area (Å²) in [5.41, 5.74) is 2.20. The number of likely N-dealkylation sites (tertiary alicyclic amines) is 1. The van der Waals surface area contributed by atoms with Crippen molar-refractivity contribution < 1.29 is 9.59 Å². The minimum atomic E-state index is -0.0521. The first-order chi connectivity index (χ1) is 12.7. The van der Waals surface area contributed by atoms with Crippen LogP contribution in [0.1, 0.15) is 34.3 Å². The number of piperidine rings is 1. The fourth-order valence-corrected chi connectivity index (χ4v) is 3.14. The molecule has 0 spiro atoms. The highest BCUT2D eigenvalue weighted by Crippen LogP contribution is 2.19. The van der Waals surface area contributed by atoms with E-state index in [4.69, 9.17) is 5.26 Å². The molecule has 0 unspecified atom stereocenters. The third-order valence-electron chi connectivity index (χ3n) is 4.72. The second-order valence-electron chi connectivity index (χ2n) is 6.46. The lowest BCUT2D eigenvalue weighted by Crippen LogP contribution is -2.42. The van der Waals surface area contributed by atoms with Crippen molar-refractivity contribution in [3.63, 3.8) is 0 Å². The number of hydrogen-bond donors (Lipinski definition) is 1. The van der Waals surface area contributed by atoms with Crippen LogP contribution in [0.5, 0.6) is 0 Å². The number of amides is 2. The maximum absolute atomic E-state index is 12.5. The molecule has 3 rings (SSSR count). The lowest BCUT2D eigenvalue weighted by molar-refractivity contribution is -0.126. The van der Waals surface area contributed by atoms with Crippen LogP contribution in [-0.4, -0.2) is 29.8 Å². The molecule has 5 nitrogen and oxygen atoms in total. The molecule has 132 valence electrons. The molecular weight excluding hydrogens is 326 g/mol. The predicted molar refractivity (Wildman–Crippen MR) is 98.1 cm³/mol. The Bertz CT molecular complexity index is 801. The quantitative estimate of drug-likeness (QED) is 0.924. The maximum Gasteiger partial charge on any atom is 0.253 e. The van der Waals surface area contributed by atoms with Crippen molar-refractivity contribution in [3.05, 3.63) is 71.3 Å². The molecule has 0 aromatic heterocycles. The molecule has 0 bridgehead atoms. The Kier molecular flexibility index (Phi) is 5.65. The summed E-state index contributed by atoms with van der Waals surface area (Å²) in [6, 6.07) is 18.5. The highest BCUT2D eigenvalue weighted by molar-refractivity contribution is 5.94. The number of carbonyl (C=O) groups excluding carboxylic acids is 2. The molecule has 1 fully saturated rings. The van der Waals surface area contributed by atoms with Crippen molar-refractivity contribution >= 4 is 11.8 Å². The first-order valence-electron chi connectivity index (χ1n) is 8.78. The molecule has 26 heavy (non-hydrogen) atoms. The van der Waals surface area contributed by atoms with Gasteiger partial charge in [0.25, 0.3) is 5.91 Å². The third kappa shape index (κ3) is 4.28. The van der Waals surface area contributed by atoms with E-state index in [0.29, 0.717) is 43.6 Å². The van der Waals surface area contributed by atoms with Gasteiger partial charge in [-0.1, -0.05) is 30.3 Å². The van der Waals surface area contributed by atoms with E-state index in [-0.39, 0.29) is 17.7 Å². The third-order valence-corrected chi connectivity index (χ3v) is 4.72. The number of nitrogens with one attached hydrogen (secondary N) is 1. The van der Waals surface area contributed by atoms with Gasteiger partial charge < -0.3 is 10.2 Å². The van der Waals surface area contributed by atoms with E-state index in [1.165, 1.54) is 0 Å². The summed E-state index contributed by atoms with van der Waals surface area (Å²) in [5.74, 6) is -0.0410. The zero-order valence-corrected chi connectivity index (χ0v) is 14.5. The largest absolute Gasteiger partial charge is 0.352 e. The van der Waals surface area contributed by atoms with E-state index in [1.54, 1.807) is 29.2 Å². The average molecular weight is 347 g/mol. The molecular formula is C21H21N3O2. The molecule has 2 aromatic carbocycles. The van der Waals surface area contributed by atoms with E-state index in [1.807, 2.05) is 36.4 Å². The van der Waals surface area contributed by atoms with Gasteiger partial charge >= 0.3 is 0 Å². The second-order valence-corrected chi connectivity index (χ2v) is 6.46. The van der Waals surface area contributed by atoms with E-state index in [9.17, 15) is 9.59 Å². The smallest absolute Gasteiger partial charge is 0.253 e. The van der Waals surface area contributed by atoms with Crippen molar-refractivity contribution in [2.75, 3.05) is 13.1 Å². The number of hydrogen-bond acceptors (Lipinski definition) is 3. The summed E-state index contributed by atoms with van der Waals surface area (Å²) in [6.45, 7) is 1.68. The molecule has 1 N–H and O–H groups in total. The van der Waals surface area contributed by atoms with Gasteiger partial charge in [0.2, 0.25) is 5.91 Å². The van der Waals surface area contributed by atoms with Crippen LogP contribution < -0.4 is 5.32 Å². The minimum Gasteiger partial charge on any atom is -0.352 e. The summed E-state index contributed by atoms with van der Waals surface area (Å²) in [5, 5.41) is 11.8. The Labute approximate surface area is 153 Å². The SMILES string of the molecule is N#Cc1ccc(C(=O)N2CCC(C(=O)NCc3ccccc3)CC2)cc1. The fourth-order valence-electron chi connectivity index (χ4n) is 3.14. The molecule has 1 aliphatic rings. The molecule has 0 atom stereocenters. The Morgan fingerprint density at radius 3 is 2.31 bits per heavy atom. The van der Waals surface area contributed by atoms with Crippen molar-refractivity contribution in [1.82, 2.24) is 10.2 Å². The van der Waals surface area contributed by atoms with Gasteiger partial charge in [0.1, 0.15) is 0 Å². The Hall–Kier alpha value is -3.13. The fraction of sp³-hybridized carbons (Fsp3) is 0.286. The Balaban J connectivity index is 1.49. The normalized spacial score (nSPS) is 14.5. The zero-order valence-electron chi connectivity index (χ0n) is 14.5. The summed E-state index contributed by atoms with van der Waals surface area (Å²) < 4.78 is 0. The van der Waals surface area contributed by atoms with Crippen molar-refractivity contribution in [2.24, 2.45) is 5.92 Å². The maximum atomic E-state index is 12.5. The van der Waals surface area contributed by atoms with Crippen LogP contribution in [-0.2, 0) is 11.3 Å². The summed E-state index contributed by atoms with van der Waals surface area (Å²) in [4.78, 5) is 26.7. The van der Waals surface area contributed by atoms with Crippen molar-refractivity contribution in [2.45, 2.75) is 19.4 Å². The molecule has 0 radical (unpaired) electrons. The van der Waals surface area contributed by atoms with E-state index in [0.717, 1.165) is 5.56 Å². The van der Waals surface area contributed by atoms with Crippen LogP contribution in [0, 0.1) is 17.2 Å². The van der Waals surface area contributed by atoms with Gasteiger partial charge in [0.15, 0.2) is 0 Å². The van der Waals surface area contributed by atoms with Crippen LogP contribution >= 0.6 is 0 Å². The first-order valence-corrected chi connectivity index (χ1v) is 8.78. The van der Waals surface area contributed by atoms with Crippen molar-refractivity contribution in [1.29, 1.82) is 5.26 Å². The standard InChI is InChI=1S/C21H21N3O2/c22-14-16-6-8-19(9-7-16)21(26)24-12-10-18(11-13-24)20(25)23-15-17-4-2-1-3-5-17/h1-9,18H,10-13,15H2,(H,23,25).